The molecule has 1 unspecified atom stereocenters. The van der Waals surface area contributed by atoms with Gasteiger partial charge in [0.15, 0.2) is 5.15 Å². The Bertz CT molecular complexity index is 858. The lowest BCUT2D eigenvalue weighted by Crippen LogP contribution is -2.13. The zero-order chi connectivity index (χ0) is 16.2. The number of halogens is 2. The van der Waals surface area contributed by atoms with Crippen LogP contribution in [0, 0.1) is 11.3 Å². The molecule has 0 fully saturated rings. The molecule has 3 aromatic rings. The number of rotatable bonds is 4. The Hall–Kier alpha value is -2.13. The summed E-state index contributed by atoms with van der Waals surface area (Å²) >= 11 is 13.2. The molecule has 114 valence electrons. The van der Waals surface area contributed by atoms with Crippen molar-refractivity contribution in [3.05, 3.63) is 75.7 Å². The van der Waals surface area contributed by atoms with Crippen LogP contribution in [0.25, 0.3) is 0 Å². The maximum absolute atomic E-state index is 9.24. The standard InChI is InChI=1S/C16H10Cl2N4S/c17-11-5-3-4-10(8-11)14(13-6-1-2-7-20-13)21-16-12(9-19)15(18)22-23-16/h1-8,14,21H. The summed E-state index contributed by atoms with van der Waals surface area (Å²) < 4.78 is 4.02. The third-order valence-corrected chi connectivity index (χ3v) is 4.59. The normalized spacial score (nSPS) is 11.7. The summed E-state index contributed by atoms with van der Waals surface area (Å²) in [7, 11) is 0. The van der Waals surface area contributed by atoms with Crippen molar-refractivity contribution >= 4 is 39.7 Å². The number of hydrogen-bond donors (Lipinski definition) is 1. The van der Waals surface area contributed by atoms with Gasteiger partial charge in [0.25, 0.3) is 0 Å². The Morgan fingerprint density at radius 1 is 1.17 bits per heavy atom. The van der Waals surface area contributed by atoms with Gasteiger partial charge in [0.1, 0.15) is 16.6 Å². The van der Waals surface area contributed by atoms with Crippen LogP contribution in [0.1, 0.15) is 22.9 Å². The zero-order valence-electron chi connectivity index (χ0n) is 11.7. The van der Waals surface area contributed by atoms with Crippen molar-refractivity contribution in [3.8, 4) is 6.07 Å². The van der Waals surface area contributed by atoms with Crippen LogP contribution in [-0.2, 0) is 0 Å². The first-order valence-electron chi connectivity index (χ1n) is 6.67. The molecule has 1 atom stereocenters. The molecule has 0 aliphatic carbocycles. The van der Waals surface area contributed by atoms with E-state index in [1.165, 1.54) is 0 Å². The van der Waals surface area contributed by atoms with Crippen LogP contribution in [0.3, 0.4) is 0 Å². The average Bonchev–Trinajstić information content (AvgIpc) is 2.93. The van der Waals surface area contributed by atoms with E-state index < -0.39 is 0 Å². The van der Waals surface area contributed by atoms with Crippen molar-refractivity contribution in [1.29, 1.82) is 5.26 Å². The van der Waals surface area contributed by atoms with Crippen LogP contribution in [0.15, 0.2) is 48.7 Å². The van der Waals surface area contributed by atoms with Crippen molar-refractivity contribution < 1.29 is 0 Å². The van der Waals surface area contributed by atoms with Gasteiger partial charge in [-0.05, 0) is 41.4 Å². The molecule has 0 bridgehead atoms. The highest BCUT2D eigenvalue weighted by Gasteiger charge is 2.20. The summed E-state index contributed by atoms with van der Waals surface area (Å²) in [6, 6.07) is 15.0. The van der Waals surface area contributed by atoms with E-state index in [9.17, 15) is 5.26 Å². The summed E-state index contributed by atoms with van der Waals surface area (Å²) in [5.41, 5.74) is 2.08. The van der Waals surface area contributed by atoms with E-state index in [-0.39, 0.29) is 11.2 Å². The monoisotopic (exact) mass is 360 g/mol. The minimum atomic E-state index is -0.265. The van der Waals surface area contributed by atoms with Crippen molar-refractivity contribution in [1.82, 2.24) is 9.36 Å². The van der Waals surface area contributed by atoms with E-state index in [1.54, 1.807) is 6.20 Å². The Morgan fingerprint density at radius 3 is 2.74 bits per heavy atom. The average molecular weight is 361 g/mol. The van der Waals surface area contributed by atoms with Gasteiger partial charge in [-0.2, -0.15) is 9.64 Å². The minimum Gasteiger partial charge on any atom is -0.362 e. The molecule has 2 heterocycles. The van der Waals surface area contributed by atoms with Crippen molar-refractivity contribution in [2.75, 3.05) is 5.32 Å². The SMILES string of the molecule is N#Cc1c(Cl)nsc1NC(c1cccc(Cl)c1)c1ccccn1. The van der Waals surface area contributed by atoms with Crippen molar-refractivity contribution in [3.63, 3.8) is 0 Å². The Balaban J connectivity index is 2.04. The van der Waals surface area contributed by atoms with Crippen molar-refractivity contribution in [2.24, 2.45) is 0 Å². The first-order valence-corrected chi connectivity index (χ1v) is 8.20. The zero-order valence-corrected chi connectivity index (χ0v) is 14.0. The molecule has 2 aromatic heterocycles. The molecule has 1 aromatic carbocycles. The molecule has 3 rings (SSSR count). The summed E-state index contributed by atoms with van der Waals surface area (Å²) in [5, 5.41) is 14.0. The van der Waals surface area contributed by atoms with E-state index in [2.05, 4.69) is 20.7 Å². The lowest BCUT2D eigenvalue weighted by atomic mass is 10.0. The van der Waals surface area contributed by atoms with Gasteiger partial charge in [-0.25, -0.2) is 0 Å². The van der Waals surface area contributed by atoms with E-state index in [0.717, 1.165) is 22.8 Å². The van der Waals surface area contributed by atoms with Crippen LogP contribution in [-0.4, -0.2) is 9.36 Å². The molecule has 0 spiro atoms. The van der Waals surface area contributed by atoms with E-state index in [1.807, 2.05) is 42.5 Å². The van der Waals surface area contributed by atoms with Gasteiger partial charge in [-0.15, -0.1) is 0 Å². The van der Waals surface area contributed by atoms with Crippen LogP contribution >= 0.6 is 34.7 Å². The van der Waals surface area contributed by atoms with Gasteiger partial charge in [-0.3, -0.25) is 4.98 Å². The quantitative estimate of drug-likeness (QED) is 0.717. The summed E-state index contributed by atoms with van der Waals surface area (Å²) in [4.78, 5) is 4.41. The lowest BCUT2D eigenvalue weighted by Gasteiger charge is -2.19. The molecule has 23 heavy (non-hydrogen) atoms. The van der Waals surface area contributed by atoms with Crippen LogP contribution in [0.4, 0.5) is 5.00 Å². The molecule has 0 aliphatic rings. The Labute approximate surface area is 147 Å². The van der Waals surface area contributed by atoms with Gasteiger partial charge in [0.05, 0.1) is 11.7 Å². The Morgan fingerprint density at radius 2 is 2.04 bits per heavy atom. The summed E-state index contributed by atoms with van der Waals surface area (Å²) in [6.07, 6.45) is 1.72. The number of nitriles is 1. The third kappa shape index (κ3) is 3.45. The predicted molar refractivity (Wildman–Crippen MR) is 93.0 cm³/mol. The lowest BCUT2D eigenvalue weighted by molar-refractivity contribution is 0.890. The first-order chi connectivity index (χ1) is 11.2. The molecule has 1 N–H and O–H groups in total. The molecule has 0 aliphatic heterocycles. The molecule has 7 heteroatoms. The van der Waals surface area contributed by atoms with Crippen molar-refractivity contribution in [2.45, 2.75) is 6.04 Å². The number of nitrogens with zero attached hydrogens (tertiary/aromatic N) is 3. The largest absolute Gasteiger partial charge is 0.362 e. The number of benzene rings is 1. The van der Waals surface area contributed by atoms with Gasteiger partial charge < -0.3 is 5.32 Å². The maximum atomic E-state index is 9.24. The first kappa shape index (κ1) is 15.8. The van der Waals surface area contributed by atoms with E-state index >= 15 is 0 Å². The molecule has 0 radical (unpaired) electrons. The predicted octanol–water partition coefficient (Wildman–Crippen LogP) is 4.92. The minimum absolute atomic E-state index is 0.200. The molecular formula is C16H10Cl2N4S. The number of pyridine rings is 1. The van der Waals surface area contributed by atoms with Gasteiger partial charge >= 0.3 is 0 Å². The van der Waals surface area contributed by atoms with Gasteiger partial charge in [0.2, 0.25) is 0 Å². The highest BCUT2D eigenvalue weighted by atomic mass is 35.5. The molecular weight excluding hydrogens is 351 g/mol. The summed E-state index contributed by atoms with van der Waals surface area (Å²) in [5.74, 6) is 0. The number of anilines is 1. The Kier molecular flexibility index (Phi) is 4.77. The van der Waals surface area contributed by atoms with E-state index in [0.29, 0.717) is 15.6 Å². The highest BCUT2D eigenvalue weighted by molar-refractivity contribution is 7.10. The van der Waals surface area contributed by atoms with Crippen LogP contribution in [0.2, 0.25) is 10.2 Å². The maximum Gasteiger partial charge on any atom is 0.162 e. The summed E-state index contributed by atoms with van der Waals surface area (Å²) in [6.45, 7) is 0. The number of aromatic nitrogens is 2. The second kappa shape index (κ2) is 6.97. The number of nitrogens with one attached hydrogen (secondary N) is 1. The molecule has 0 amide bonds. The van der Waals surface area contributed by atoms with E-state index in [4.69, 9.17) is 23.2 Å². The van der Waals surface area contributed by atoms with Crippen LogP contribution < -0.4 is 5.32 Å². The number of hydrogen-bond acceptors (Lipinski definition) is 5. The van der Waals surface area contributed by atoms with Crippen LogP contribution in [0.5, 0.6) is 0 Å². The van der Waals surface area contributed by atoms with Gasteiger partial charge in [-0.1, -0.05) is 41.4 Å². The third-order valence-electron chi connectivity index (χ3n) is 3.20. The fraction of sp³-hybridized carbons (Fsp3) is 0.0625. The fourth-order valence-corrected chi connectivity index (χ4v) is 3.32. The second-order valence-corrected chi connectivity index (χ2v) is 6.24. The highest BCUT2D eigenvalue weighted by Crippen LogP contribution is 2.33. The smallest absolute Gasteiger partial charge is 0.162 e. The molecule has 4 nitrogen and oxygen atoms in total. The topological polar surface area (TPSA) is 61.6 Å². The fourth-order valence-electron chi connectivity index (χ4n) is 2.16. The molecule has 0 saturated carbocycles. The molecule has 0 saturated heterocycles. The second-order valence-electron chi connectivity index (χ2n) is 4.68. The van der Waals surface area contributed by atoms with Gasteiger partial charge in [0, 0.05) is 11.2 Å².